The van der Waals surface area contributed by atoms with Gasteiger partial charge in [0.05, 0.1) is 18.6 Å². The van der Waals surface area contributed by atoms with Crippen molar-refractivity contribution in [3.05, 3.63) is 70.9 Å². The number of nitrogens with zero attached hydrogens (tertiary/aromatic N) is 2. The fourth-order valence-corrected chi connectivity index (χ4v) is 2.95. The van der Waals surface area contributed by atoms with Gasteiger partial charge in [-0.25, -0.2) is 9.37 Å². The number of aliphatic hydroxyl groups is 1. The van der Waals surface area contributed by atoms with Gasteiger partial charge in [0.1, 0.15) is 5.82 Å². The number of rotatable bonds is 5. The van der Waals surface area contributed by atoms with Crippen LogP contribution in [0.4, 0.5) is 10.1 Å². The molecular formula is C20H19ClFN3O2. The van der Waals surface area contributed by atoms with Crippen molar-refractivity contribution in [3.8, 4) is 11.3 Å². The zero-order valence-corrected chi connectivity index (χ0v) is 15.7. The number of anilines is 1. The SMILES string of the molecule is CC(C)n1cnc(C(=O)Nc2ccc(Cl)c(CO)c2)c1-c1ccc(F)cc1. The quantitative estimate of drug-likeness (QED) is 0.668. The molecule has 2 N–H and O–H groups in total. The van der Waals surface area contributed by atoms with Gasteiger partial charge in [0.15, 0.2) is 5.69 Å². The summed E-state index contributed by atoms with van der Waals surface area (Å²) in [7, 11) is 0. The fourth-order valence-electron chi connectivity index (χ4n) is 2.78. The Balaban J connectivity index is 1.99. The van der Waals surface area contributed by atoms with Gasteiger partial charge in [-0.15, -0.1) is 0 Å². The first-order valence-electron chi connectivity index (χ1n) is 8.44. The summed E-state index contributed by atoms with van der Waals surface area (Å²) in [6.45, 7) is 3.72. The third-order valence-corrected chi connectivity index (χ3v) is 4.53. The predicted octanol–water partition coefficient (Wildman–Crippen LogP) is 4.67. The molecule has 0 aliphatic rings. The molecule has 0 atom stereocenters. The van der Waals surface area contributed by atoms with Crippen LogP contribution < -0.4 is 5.32 Å². The number of imidazole rings is 1. The van der Waals surface area contributed by atoms with Crippen molar-refractivity contribution in [3.63, 3.8) is 0 Å². The van der Waals surface area contributed by atoms with E-state index in [0.29, 0.717) is 27.5 Å². The topological polar surface area (TPSA) is 67.2 Å². The van der Waals surface area contributed by atoms with Crippen LogP contribution in [0.5, 0.6) is 0 Å². The Labute approximate surface area is 161 Å². The molecule has 1 amide bonds. The summed E-state index contributed by atoms with van der Waals surface area (Å²) in [4.78, 5) is 17.1. The monoisotopic (exact) mass is 387 g/mol. The number of aromatic nitrogens is 2. The van der Waals surface area contributed by atoms with E-state index in [1.807, 2.05) is 18.4 Å². The maximum atomic E-state index is 13.3. The molecule has 3 aromatic rings. The number of hydrogen-bond acceptors (Lipinski definition) is 3. The summed E-state index contributed by atoms with van der Waals surface area (Å²) < 4.78 is 15.2. The average Bonchev–Trinajstić information content (AvgIpc) is 3.09. The number of nitrogens with one attached hydrogen (secondary N) is 1. The van der Waals surface area contributed by atoms with Gasteiger partial charge in [0.25, 0.3) is 5.91 Å². The second-order valence-electron chi connectivity index (χ2n) is 6.37. The van der Waals surface area contributed by atoms with Crippen LogP contribution in [0.3, 0.4) is 0 Å². The van der Waals surface area contributed by atoms with Crippen molar-refractivity contribution in [1.29, 1.82) is 0 Å². The van der Waals surface area contributed by atoms with Crippen molar-refractivity contribution >= 4 is 23.2 Å². The first-order valence-corrected chi connectivity index (χ1v) is 8.82. The first-order chi connectivity index (χ1) is 12.9. The largest absolute Gasteiger partial charge is 0.392 e. The number of amides is 1. The van der Waals surface area contributed by atoms with E-state index >= 15 is 0 Å². The number of carbonyl (C=O) groups excluding carboxylic acids is 1. The molecule has 0 spiro atoms. The number of benzene rings is 2. The van der Waals surface area contributed by atoms with Crippen molar-refractivity contribution in [2.75, 3.05) is 5.32 Å². The molecule has 0 saturated carbocycles. The average molecular weight is 388 g/mol. The third-order valence-electron chi connectivity index (χ3n) is 4.16. The molecule has 0 saturated heterocycles. The van der Waals surface area contributed by atoms with Crippen LogP contribution in [-0.2, 0) is 6.61 Å². The van der Waals surface area contributed by atoms with E-state index in [1.165, 1.54) is 12.1 Å². The van der Waals surface area contributed by atoms with Gasteiger partial charge < -0.3 is 15.0 Å². The Kier molecular flexibility index (Phi) is 5.58. The van der Waals surface area contributed by atoms with Crippen molar-refractivity contribution in [2.45, 2.75) is 26.5 Å². The Hall–Kier alpha value is -2.70. The van der Waals surface area contributed by atoms with E-state index < -0.39 is 5.91 Å². The predicted molar refractivity (Wildman–Crippen MR) is 103 cm³/mol. The van der Waals surface area contributed by atoms with Crippen molar-refractivity contribution in [2.24, 2.45) is 0 Å². The second kappa shape index (κ2) is 7.90. The lowest BCUT2D eigenvalue weighted by molar-refractivity contribution is 0.102. The molecule has 0 aliphatic carbocycles. The summed E-state index contributed by atoms with van der Waals surface area (Å²) in [5, 5.41) is 12.5. The van der Waals surface area contributed by atoms with Crippen molar-refractivity contribution in [1.82, 2.24) is 9.55 Å². The summed E-state index contributed by atoms with van der Waals surface area (Å²) in [5.74, 6) is -0.752. The smallest absolute Gasteiger partial charge is 0.276 e. The second-order valence-corrected chi connectivity index (χ2v) is 6.78. The normalized spacial score (nSPS) is 11.0. The molecule has 7 heteroatoms. The van der Waals surface area contributed by atoms with Gasteiger partial charge in [0.2, 0.25) is 0 Å². The minimum atomic E-state index is -0.403. The van der Waals surface area contributed by atoms with Gasteiger partial charge in [-0.05, 0) is 61.9 Å². The highest BCUT2D eigenvalue weighted by atomic mass is 35.5. The molecular weight excluding hydrogens is 369 g/mol. The number of aliphatic hydroxyl groups excluding tert-OH is 1. The van der Waals surface area contributed by atoms with Gasteiger partial charge in [0, 0.05) is 22.3 Å². The standard InChI is InChI=1S/C20H19ClFN3O2/c1-12(2)25-11-23-18(19(25)13-3-5-15(22)6-4-13)20(27)24-16-7-8-17(21)14(9-16)10-26/h3-9,11-12,26H,10H2,1-2H3,(H,24,27). The number of carbonyl (C=O) groups is 1. The highest BCUT2D eigenvalue weighted by molar-refractivity contribution is 6.31. The molecule has 1 heterocycles. The maximum absolute atomic E-state index is 13.3. The van der Waals surface area contributed by atoms with E-state index in [0.717, 1.165) is 0 Å². The molecule has 140 valence electrons. The van der Waals surface area contributed by atoms with Crippen LogP contribution in [0.15, 0.2) is 48.8 Å². The Morgan fingerprint density at radius 2 is 1.96 bits per heavy atom. The molecule has 27 heavy (non-hydrogen) atoms. The van der Waals surface area contributed by atoms with E-state index in [2.05, 4.69) is 10.3 Å². The lowest BCUT2D eigenvalue weighted by Crippen LogP contribution is -2.15. The van der Waals surface area contributed by atoms with Crippen LogP contribution in [0, 0.1) is 5.82 Å². The number of hydrogen-bond donors (Lipinski definition) is 2. The molecule has 0 radical (unpaired) electrons. The minimum absolute atomic E-state index is 0.0654. The lowest BCUT2D eigenvalue weighted by atomic mass is 10.1. The molecule has 3 rings (SSSR count). The van der Waals surface area contributed by atoms with E-state index in [9.17, 15) is 14.3 Å². The molecule has 0 aliphatic heterocycles. The molecule has 0 unspecified atom stereocenters. The van der Waals surface area contributed by atoms with E-state index in [1.54, 1.807) is 36.7 Å². The van der Waals surface area contributed by atoms with Crippen LogP contribution in [0.1, 0.15) is 35.9 Å². The summed E-state index contributed by atoms with van der Waals surface area (Å²) in [6, 6.07) is 10.9. The summed E-state index contributed by atoms with van der Waals surface area (Å²) in [5.41, 5.74) is 2.55. The fraction of sp³-hybridized carbons (Fsp3) is 0.200. The Morgan fingerprint density at radius 1 is 1.26 bits per heavy atom. The Bertz CT molecular complexity index is 968. The summed E-state index contributed by atoms with van der Waals surface area (Å²) in [6.07, 6.45) is 1.60. The van der Waals surface area contributed by atoms with E-state index in [-0.39, 0.29) is 24.2 Å². The zero-order valence-electron chi connectivity index (χ0n) is 14.9. The van der Waals surface area contributed by atoms with E-state index in [4.69, 9.17) is 11.6 Å². The summed E-state index contributed by atoms with van der Waals surface area (Å²) >= 11 is 5.99. The molecule has 2 aromatic carbocycles. The van der Waals surface area contributed by atoms with Gasteiger partial charge in [-0.2, -0.15) is 0 Å². The van der Waals surface area contributed by atoms with Crippen molar-refractivity contribution < 1.29 is 14.3 Å². The maximum Gasteiger partial charge on any atom is 0.276 e. The van der Waals surface area contributed by atoms with Gasteiger partial charge in [-0.3, -0.25) is 4.79 Å². The van der Waals surface area contributed by atoms with Crippen LogP contribution >= 0.6 is 11.6 Å². The van der Waals surface area contributed by atoms with Crippen LogP contribution in [0.25, 0.3) is 11.3 Å². The highest BCUT2D eigenvalue weighted by Gasteiger charge is 2.21. The Morgan fingerprint density at radius 3 is 2.59 bits per heavy atom. The molecule has 0 bridgehead atoms. The molecule has 5 nitrogen and oxygen atoms in total. The molecule has 0 fully saturated rings. The van der Waals surface area contributed by atoms with Crippen LogP contribution in [0.2, 0.25) is 5.02 Å². The lowest BCUT2D eigenvalue weighted by Gasteiger charge is -2.14. The third kappa shape index (κ3) is 4.02. The zero-order chi connectivity index (χ0) is 19.6. The minimum Gasteiger partial charge on any atom is -0.392 e. The highest BCUT2D eigenvalue weighted by Crippen LogP contribution is 2.28. The first kappa shape index (κ1) is 19.1. The molecule has 1 aromatic heterocycles. The van der Waals surface area contributed by atoms with Gasteiger partial charge in [-0.1, -0.05) is 11.6 Å². The van der Waals surface area contributed by atoms with Gasteiger partial charge >= 0.3 is 0 Å². The van der Waals surface area contributed by atoms with Crippen LogP contribution in [-0.4, -0.2) is 20.6 Å². The number of halogens is 2.